The topological polar surface area (TPSA) is 142 Å². The predicted molar refractivity (Wildman–Crippen MR) is 179 cm³/mol. The van der Waals surface area contributed by atoms with Crippen LogP contribution in [-0.2, 0) is 29.4 Å². The summed E-state index contributed by atoms with van der Waals surface area (Å²) in [5.74, 6) is -5.85. The van der Waals surface area contributed by atoms with Crippen LogP contribution in [0, 0.1) is 23.7 Å². The number of carboxylic acids is 1. The van der Waals surface area contributed by atoms with E-state index in [0.717, 1.165) is 5.57 Å². The molecule has 3 fully saturated rings. The average molecular weight is 683 g/mol. The van der Waals surface area contributed by atoms with Gasteiger partial charge in [-0.05, 0) is 55.0 Å². The highest BCUT2D eigenvalue weighted by Gasteiger charge is 2.70. The lowest BCUT2D eigenvalue weighted by Crippen LogP contribution is -2.53. The van der Waals surface area contributed by atoms with Gasteiger partial charge in [0.2, 0.25) is 23.6 Å². The molecule has 4 amide bonds. The van der Waals surface area contributed by atoms with Crippen LogP contribution < -0.4 is 9.64 Å². The summed E-state index contributed by atoms with van der Waals surface area (Å²) in [6.07, 6.45) is 2.32. The molecule has 49 heavy (non-hydrogen) atoms. The van der Waals surface area contributed by atoms with Gasteiger partial charge in [-0.3, -0.25) is 28.9 Å². The summed E-state index contributed by atoms with van der Waals surface area (Å²) < 4.78 is 6.06. The van der Waals surface area contributed by atoms with Crippen molar-refractivity contribution in [3.05, 3.63) is 107 Å². The third kappa shape index (κ3) is 5.16. The Labute approximate surface area is 287 Å². The molecule has 11 heteroatoms. The number of carbonyl (C=O) groups is 5. The van der Waals surface area contributed by atoms with Crippen LogP contribution in [0.5, 0.6) is 5.75 Å². The van der Waals surface area contributed by atoms with Crippen molar-refractivity contribution in [2.45, 2.75) is 37.0 Å². The number of carbonyl (C=O) groups excluding carboxylic acids is 4. The van der Waals surface area contributed by atoms with E-state index in [1.807, 2.05) is 48.5 Å². The lowest BCUT2D eigenvalue weighted by molar-refractivity contribution is -0.142. The fraction of sp³-hybridized carbons (Fsp3) is 0.342. The number of anilines is 1. The van der Waals surface area contributed by atoms with Crippen LogP contribution >= 0.6 is 11.6 Å². The molecule has 2 heterocycles. The number of likely N-dealkylation sites (tertiary alicyclic amines) is 1. The van der Waals surface area contributed by atoms with Crippen LogP contribution in [0.1, 0.15) is 42.7 Å². The number of rotatable bonds is 10. The highest BCUT2D eigenvalue weighted by Crippen LogP contribution is 2.65. The number of nitrogens with zero attached hydrogens (tertiary/aromatic N) is 2. The summed E-state index contributed by atoms with van der Waals surface area (Å²) in [5, 5.41) is 19.2. The standard InChI is InChI=1S/C38H35ClN2O8/c39-23-10-6-11-24(20-23)41-35(46)29-21-28-25(15-16-27-32(28)36(47)40(34(27)45)17-7-14-31(43)44)33(26-12-4-5-13-30(26)49-19-18-42)38(29,37(41)48)22-8-2-1-3-9-22/h1-6,8-13,15,20,27-29,32-33,42H,7,14,16-19,21H2,(H,43,44)/t27-,28+,29-,32-,33+,38+/m0/s1. The second-order valence-electron chi connectivity index (χ2n) is 13.0. The van der Waals surface area contributed by atoms with E-state index in [4.69, 9.17) is 16.3 Å². The van der Waals surface area contributed by atoms with Crippen molar-refractivity contribution >= 4 is 46.9 Å². The minimum absolute atomic E-state index is 0.00151. The molecule has 2 aliphatic carbocycles. The fourth-order valence-electron chi connectivity index (χ4n) is 8.77. The number of aliphatic hydroxyl groups excluding tert-OH is 1. The highest BCUT2D eigenvalue weighted by atomic mass is 35.5. The van der Waals surface area contributed by atoms with Crippen molar-refractivity contribution in [1.82, 2.24) is 4.90 Å². The molecule has 3 aromatic carbocycles. The molecule has 1 saturated carbocycles. The van der Waals surface area contributed by atoms with Crippen LogP contribution in [-0.4, -0.2) is 64.5 Å². The number of imide groups is 2. The lowest BCUT2D eigenvalue weighted by atomic mass is 9.49. The molecule has 0 unspecified atom stereocenters. The second kappa shape index (κ2) is 12.9. The highest BCUT2D eigenvalue weighted by molar-refractivity contribution is 6.32. The van der Waals surface area contributed by atoms with E-state index in [-0.39, 0.29) is 57.3 Å². The smallest absolute Gasteiger partial charge is 0.303 e. The molecule has 4 aliphatic rings. The number of para-hydroxylation sites is 1. The first kappa shape index (κ1) is 32.7. The molecule has 2 saturated heterocycles. The van der Waals surface area contributed by atoms with E-state index in [1.165, 1.54) is 9.80 Å². The van der Waals surface area contributed by atoms with Gasteiger partial charge in [0.15, 0.2) is 0 Å². The minimum Gasteiger partial charge on any atom is -0.491 e. The molecule has 0 bridgehead atoms. The summed E-state index contributed by atoms with van der Waals surface area (Å²) in [5.41, 5.74) is 0.923. The zero-order chi connectivity index (χ0) is 34.4. The first-order valence-electron chi connectivity index (χ1n) is 16.5. The van der Waals surface area contributed by atoms with Crippen LogP contribution in [0.4, 0.5) is 5.69 Å². The van der Waals surface area contributed by atoms with Gasteiger partial charge in [-0.1, -0.05) is 77.8 Å². The maximum Gasteiger partial charge on any atom is 0.303 e. The summed E-state index contributed by atoms with van der Waals surface area (Å²) in [6, 6.07) is 23.0. The number of benzene rings is 3. The minimum atomic E-state index is -1.46. The maximum absolute atomic E-state index is 15.3. The zero-order valence-electron chi connectivity index (χ0n) is 26.5. The van der Waals surface area contributed by atoms with E-state index in [9.17, 15) is 29.4 Å². The number of ether oxygens (including phenoxy) is 1. The second-order valence-corrected chi connectivity index (χ2v) is 13.5. The normalized spacial score (nSPS) is 27.5. The summed E-state index contributed by atoms with van der Waals surface area (Å²) in [4.78, 5) is 71.5. The third-order valence-corrected chi connectivity index (χ3v) is 10.8. The summed E-state index contributed by atoms with van der Waals surface area (Å²) in [6.45, 7) is -0.245. The summed E-state index contributed by atoms with van der Waals surface area (Å²) in [7, 11) is 0. The number of fused-ring (bicyclic) bond motifs is 4. The molecule has 3 aromatic rings. The average Bonchev–Trinajstić information content (AvgIpc) is 3.48. The van der Waals surface area contributed by atoms with Gasteiger partial charge in [-0.25, -0.2) is 4.90 Å². The number of allylic oxidation sites excluding steroid dienone is 2. The van der Waals surface area contributed by atoms with E-state index >= 15 is 4.79 Å². The molecule has 2 N–H and O–H groups in total. The van der Waals surface area contributed by atoms with Crippen LogP contribution in [0.2, 0.25) is 5.02 Å². The molecule has 0 spiro atoms. The van der Waals surface area contributed by atoms with Crippen LogP contribution in [0.15, 0.2) is 90.5 Å². The largest absolute Gasteiger partial charge is 0.491 e. The Bertz CT molecular complexity index is 1880. The Balaban J connectivity index is 1.44. The van der Waals surface area contributed by atoms with E-state index in [1.54, 1.807) is 36.4 Å². The van der Waals surface area contributed by atoms with Crippen molar-refractivity contribution in [3.8, 4) is 5.75 Å². The number of carboxylic acid groups (broad SMARTS) is 1. The molecule has 6 atom stereocenters. The maximum atomic E-state index is 15.3. The SMILES string of the molecule is O=C(O)CCCN1C(=O)[C@H]2[C@H](CC=C3[C@H]2C[C@H]2C(=O)N(c4cccc(Cl)c4)C(=O)[C@@]2(c2ccccc2)[C@H]3c2ccccc2OCCO)C1=O. The van der Waals surface area contributed by atoms with Gasteiger partial charge in [0.25, 0.3) is 0 Å². The van der Waals surface area contributed by atoms with Gasteiger partial charge in [0.1, 0.15) is 12.4 Å². The molecule has 0 aromatic heterocycles. The zero-order valence-corrected chi connectivity index (χ0v) is 27.3. The number of hydrogen-bond acceptors (Lipinski definition) is 7. The molecule has 2 aliphatic heterocycles. The number of halogens is 1. The number of aliphatic hydroxyl groups is 1. The predicted octanol–water partition coefficient (Wildman–Crippen LogP) is 4.74. The first-order valence-corrected chi connectivity index (χ1v) is 16.9. The fourth-order valence-corrected chi connectivity index (χ4v) is 8.95. The number of aliphatic carboxylic acids is 1. The molecular formula is C38H35ClN2O8. The van der Waals surface area contributed by atoms with Gasteiger partial charge in [0.05, 0.1) is 35.5 Å². The van der Waals surface area contributed by atoms with Crippen molar-refractivity contribution in [1.29, 1.82) is 0 Å². The van der Waals surface area contributed by atoms with Gasteiger partial charge in [0, 0.05) is 29.5 Å². The molecule has 0 radical (unpaired) electrons. The van der Waals surface area contributed by atoms with Crippen molar-refractivity contribution in [2.75, 3.05) is 24.7 Å². The Morgan fingerprint density at radius 1 is 0.918 bits per heavy atom. The van der Waals surface area contributed by atoms with E-state index < -0.39 is 52.8 Å². The summed E-state index contributed by atoms with van der Waals surface area (Å²) >= 11 is 6.37. The molecule has 10 nitrogen and oxygen atoms in total. The Hall–Kier alpha value is -4.80. The number of hydrogen-bond donors (Lipinski definition) is 2. The lowest BCUT2D eigenvalue weighted by Gasteiger charge is -2.51. The Kier molecular flexibility index (Phi) is 8.62. The van der Waals surface area contributed by atoms with Gasteiger partial charge >= 0.3 is 5.97 Å². The van der Waals surface area contributed by atoms with Crippen molar-refractivity contribution in [2.24, 2.45) is 23.7 Å². The monoisotopic (exact) mass is 682 g/mol. The number of amides is 4. The van der Waals surface area contributed by atoms with Crippen molar-refractivity contribution in [3.63, 3.8) is 0 Å². The van der Waals surface area contributed by atoms with Gasteiger partial charge in [-0.2, -0.15) is 0 Å². The Morgan fingerprint density at radius 3 is 2.41 bits per heavy atom. The van der Waals surface area contributed by atoms with Gasteiger partial charge in [-0.15, -0.1) is 0 Å². The van der Waals surface area contributed by atoms with Gasteiger partial charge < -0.3 is 14.9 Å². The first-order chi connectivity index (χ1) is 23.7. The molecular weight excluding hydrogens is 648 g/mol. The quantitative estimate of drug-likeness (QED) is 0.231. The Morgan fingerprint density at radius 2 is 1.67 bits per heavy atom. The molecule has 7 rings (SSSR count). The third-order valence-electron chi connectivity index (χ3n) is 10.6. The van der Waals surface area contributed by atoms with Crippen LogP contribution in [0.25, 0.3) is 0 Å². The van der Waals surface area contributed by atoms with Crippen LogP contribution in [0.3, 0.4) is 0 Å². The molecule has 252 valence electrons. The van der Waals surface area contributed by atoms with E-state index in [2.05, 4.69) is 0 Å². The van der Waals surface area contributed by atoms with E-state index in [0.29, 0.717) is 27.6 Å². The van der Waals surface area contributed by atoms with Crippen molar-refractivity contribution < 1.29 is 38.9 Å².